The lowest BCUT2D eigenvalue weighted by Crippen LogP contribution is -2.17. The van der Waals surface area contributed by atoms with Crippen LogP contribution >= 0.6 is 7.60 Å². The number of nitrogens with zero attached hydrogens (tertiary/aromatic N) is 3. The quantitative estimate of drug-likeness (QED) is 0.283. The van der Waals surface area contributed by atoms with E-state index in [1.807, 2.05) is 0 Å². The third kappa shape index (κ3) is 3.29. The standard InChI is InChI=1S/C7H10N5O6P/c8-7-10-5-4(6(13)11-7)9-1-12(5)18-2-17-3-19(14,15)16/h1H,2-3H2,(H2,14,15,16)(H3,8,10,11,13). The fourth-order valence-corrected chi connectivity index (χ4v) is 1.56. The van der Waals surface area contributed by atoms with Crippen molar-refractivity contribution >= 4 is 24.7 Å². The van der Waals surface area contributed by atoms with Crippen LogP contribution in [0.3, 0.4) is 0 Å². The largest absolute Gasteiger partial charge is 0.382 e. The number of rotatable bonds is 5. The predicted molar refractivity (Wildman–Crippen MR) is 62.0 cm³/mol. The Morgan fingerprint density at radius 1 is 1.53 bits per heavy atom. The highest BCUT2D eigenvalue weighted by Crippen LogP contribution is 2.33. The topological polar surface area (TPSA) is 166 Å². The summed E-state index contributed by atoms with van der Waals surface area (Å²) >= 11 is 0. The van der Waals surface area contributed by atoms with Crippen LogP contribution in [0.25, 0.3) is 11.2 Å². The van der Waals surface area contributed by atoms with Gasteiger partial charge in [-0.3, -0.25) is 14.3 Å². The van der Waals surface area contributed by atoms with Crippen molar-refractivity contribution < 1.29 is 23.9 Å². The van der Waals surface area contributed by atoms with Crippen LogP contribution in [0.15, 0.2) is 11.1 Å². The number of imidazole rings is 1. The SMILES string of the molecule is Nc1nc2c(ncn2OCOCP(=O)(O)O)c(=O)[nH]1. The van der Waals surface area contributed by atoms with E-state index in [-0.39, 0.29) is 17.1 Å². The molecule has 2 aromatic heterocycles. The predicted octanol–water partition coefficient (Wildman–Crippen LogP) is -1.76. The minimum Gasteiger partial charge on any atom is -0.382 e. The van der Waals surface area contributed by atoms with Gasteiger partial charge in [0.05, 0.1) is 0 Å². The van der Waals surface area contributed by atoms with Crippen molar-refractivity contribution in [3.8, 4) is 0 Å². The van der Waals surface area contributed by atoms with E-state index in [4.69, 9.17) is 20.4 Å². The average molecular weight is 291 g/mol. The van der Waals surface area contributed by atoms with Gasteiger partial charge in [0.25, 0.3) is 5.56 Å². The van der Waals surface area contributed by atoms with Gasteiger partial charge in [-0.25, -0.2) is 4.98 Å². The summed E-state index contributed by atoms with van der Waals surface area (Å²) in [5.41, 5.74) is 4.93. The van der Waals surface area contributed by atoms with E-state index in [1.165, 1.54) is 0 Å². The maximum Gasteiger partial charge on any atom is 0.351 e. The van der Waals surface area contributed by atoms with Crippen LogP contribution in [-0.2, 0) is 9.30 Å². The molecule has 0 saturated heterocycles. The van der Waals surface area contributed by atoms with Crippen molar-refractivity contribution in [1.29, 1.82) is 0 Å². The molecular formula is C7H10N5O6P. The van der Waals surface area contributed by atoms with E-state index < -0.39 is 26.3 Å². The summed E-state index contributed by atoms with van der Waals surface area (Å²) in [6.07, 6.45) is 0.378. The molecule has 0 aliphatic rings. The molecule has 0 unspecified atom stereocenters. The van der Waals surface area contributed by atoms with Gasteiger partial charge in [-0.05, 0) is 0 Å². The second-order valence-electron chi connectivity index (χ2n) is 3.44. The zero-order valence-corrected chi connectivity index (χ0v) is 10.3. The molecule has 5 N–H and O–H groups in total. The van der Waals surface area contributed by atoms with Gasteiger partial charge in [0.2, 0.25) is 18.4 Å². The second-order valence-corrected chi connectivity index (χ2v) is 5.03. The molecule has 2 heterocycles. The number of ether oxygens (including phenoxy) is 1. The van der Waals surface area contributed by atoms with Crippen molar-refractivity contribution in [2.75, 3.05) is 18.9 Å². The number of fused-ring (bicyclic) bond motifs is 1. The first-order chi connectivity index (χ1) is 8.87. The summed E-state index contributed by atoms with van der Waals surface area (Å²) in [6.45, 7) is -0.453. The van der Waals surface area contributed by atoms with Crippen LogP contribution in [0, 0.1) is 0 Å². The summed E-state index contributed by atoms with van der Waals surface area (Å²) < 4.78 is 16.1. The maximum absolute atomic E-state index is 11.4. The van der Waals surface area contributed by atoms with Gasteiger partial charge in [0.15, 0.2) is 11.9 Å². The molecule has 2 rings (SSSR count). The lowest BCUT2D eigenvalue weighted by Gasteiger charge is -2.08. The molecule has 12 heteroatoms. The summed E-state index contributed by atoms with van der Waals surface area (Å²) in [7, 11) is -4.25. The van der Waals surface area contributed by atoms with E-state index in [9.17, 15) is 9.36 Å². The van der Waals surface area contributed by atoms with Gasteiger partial charge in [0.1, 0.15) is 6.33 Å². The molecule has 0 fully saturated rings. The van der Waals surface area contributed by atoms with E-state index in [1.54, 1.807) is 0 Å². The van der Waals surface area contributed by atoms with Gasteiger partial charge >= 0.3 is 7.60 Å². The van der Waals surface area contributed by atoms with Gasteiger partial charge in [0, 0.05) is 0 Å². The van der Waals surface area contributed by atoms with Crippen molar-refractivity contribution in [2.45, 2.75) is 0 Å². The summed E-state index contributed by atoms with van der Waals surface area (Å²) in [6, 6.07) is 0. The Morgan fingerprint density at radius 2 is 2.26 bits per heavy atom. The van der Waals surface area contributed by atoms with Crippen molar-refractivity contribution in [1.82, 2.24) is 19.7 Å². The monoisotopic (exact) mass is 291 g/mol. The second kappa shape index (κ2) is 4.97. The minimum absolute atomic E-state index is 0.0178. The van der Waals surface area contributed by atoms with E-state index in [0.717, 1.165) is 11.1 Å². The Balaban J connectivity index is 2.10. The number of aromatic amines is 1. The van der Waals surface area contributed by atoms with Gasteiger partial charge in [-0.15, -0.1) is 4.73 Å². The highest BCUT2D eigenvalue weighted by atomic mass is 31.2. The van der Waals surface area contributed by atoms with Crippen LogP contribution in [0.5, 0.6) is 0 Å². The van der Waals surface area contributed by atoms with Crippen molar-refractivity contribution in [3.63, 3.8) is 0 Å². The Morgan fingerprint density at radius 3 is 2.95 bits per heavy atom. The molecular weight excluding hydrogens is 281 g/mol. The molecule has 0 atom stereocenters. The zero-order valence-electron chi connectivity index (χ0n) is 9.39. The normalized spacial score (nSPS) is 11.9. The Kier molecular flexibility index (Phi) is 3.53. The highest BCUT2D eigenvalue weighted by molar-refractivity contribution is 7.51. The number of nitrogens with one attached hydrogen (secondary N) is 1. The maximum atomic E-state index is 11.4. The van der Waals surface area contributed by atoms with Crippen molar-refractivity contribution in [3.05, 3.63) is 16.7 Å². The molecule has 0 aliphatic carbocycles. The smallest absolute Gasteiger partial charge is 0.351 e. The molecule has 0 aromatic carbocycles. The molecule has 19 heavy (non-hydrogen) atoms. The summed E-state index contributed by atoms with van der Waals surface area (Å²) in [4.78, 5) is 43.4. The van der Waals surface area contributed by atoms with Gasteiger partial charge < -0.3 is 25.1 Å². The molecule has 104 valence electrons. The molecule has 0 spiro atoms. The minimum atomic E-state index is -4.25. The number of hydrogen-bond donors (Lipinski definition) is 4. The molecule has 0 bridgehead atoms. The zero-order chi connectivity index (χ0) is 14.0. The van der Waals surface area contributed by atoms with E-state index in [2.05, 4.69) is 19.7 Å². The van der Waals surface area contributed by atoms with Crippen LogP contribution in [0.2, 0.25) is 0 Å². The molecule has 0 amide bonds. The number of anilines is 1. The first-order valence-corrected chi connectivity index (χ1v) is 6.65. The first-order valence-electron chi connectivity index (χ1n) is 4.85. The number of nitrogen functional groups attached to an aromatic ring is 1. The summed E-state index contributed by atoms with van der Waals surface area (Å²) in [5.74, 6) is -0.112. The van der Waals surface area contributed by atoms with Crippen LogP contribution in [0.4, 0.5) is 5.95 Å². The Labute approximate surface area is 105 Å². The fraction of sp³-hybridized carbons (Fsp3) is 0.286. The third-order valence-electron chi connectivity index (χ3n) is 1.93. The highest BCUT2D eigenvalue weighted by Gasteiger charge is 2.13. The molecule has 0 radical (unpaired) electrons. The number of nitrogens with two attached hydrogens (primary N) is 1. The van der Waals surface area contributed by atoms with Crippen LogP contribution < -0.4 is 16.1 Å². The lowest BCUT2D eigenvalue weighted by molar-refractivity contribution is -0.0452. The van der Waals surface area contributed by atoms with E-state index in [0.29, 0.717) is 0 Å². The number of H-pyrrole nitrogens is 1. The van der Waals surface area contributed by atoms with Gasteiger partial charge in [-0.2, -0.15) is 4.98 Å². The molecule has 11 nitrogen and oxygen atoms in total. The number of aromatic nitrogens is 4. The molecule has 0 aliphatic heterocycles. The van der Waals surface area contributed by atoms with E-state index >= 15 is 0 Å². The van der Waals surface area contributed by atoms with Gasteiger partial charge in [-0.1, -0.05) is 0 Å². The first kappa shape index (κ1) is 13.5. The fourth-order valence-electron chi connectivity index (χ4n) is 1.25. The summed E-state index contributed by atoms with van der Waals surface area (Å²) in [5, 5.41) is 0. The molecule has 0 saturated carbocycles. The van der Waals surface area contributed by atoms with Crippen LogP contribution in [-0.4, -0.2) is 42.6 Å². The number of hydrogen-bond acceptors (Lipinski definition) is 7. The van der Waals surface area contributed by atoms with Crippen molar-refractivity contribution in [2.24, 2.45) is 0 Å². The Bertz CT molecular complexity index is 689. The third-order valence-corrected chi connectivity index (χ3v) is 2.45. The molecule has 2 aromatic rings. The Hall–Kier alpha value is -1.94. The average Bonchev–Trinajstić information content (AvgIpc) is 2.66. The van der Waals surface area contributed by atoms with Crippen LogP contribution in [0.1, 0.15) is 0 Å². The lowest BCUT2D eigenvalue weighted by atomic mass is 10.5.